The Balaban J connectivity index is 2.36. The number of aromatic nitrogens is 2. The number of nitrogens with two attached hydrogens (primary N) is 1. The number of rotatable bonds is 5. The monoisotopic (exact) mass is 291 g/mol. The first-order valence-corrected chi connectivity index (χ1v) is 7.45. The van der Waals surface area contributed by atoms with Crippen LogP contribution in [-0.2, 0) is 24.9 Å². The lowest BCUT2D eigenvalue weighted by Gasteiger charge is -2.25. The van der Waals surface area contributed by atoms with E-state index in [-0.39, 0.29) is 0 Å². The Morgan fingerprint density at radius 2 is 1.90 bits per heavy atom. The maximum atomic E-state index is 6.51. The van der Waals surface area contributed by atoms with Gasteiger partial charge < -0.3 is 5.73 Å². The number of benzene rings is 1. The first kappa shape index (κ1) is 15.1. The summed E-state index contributed by atoms with van der Waals surface area (Å²) in [7, 11) is 0. The summed E-state index contributed by atoms with van der Waals surface area (Å²) in [5, 5.41) is 5.32. The largest absolute Gasteiger partial charge is 0.321 e. The number of hydrogen-bond acceptors (Lipinski definition) is 2. The van der Waals surface area contributed by atoms with Crippen molar-refractivity contribution in [3.05, 3.63) is 52.3 Å². The topological polar surface area (TPSA) is 43.8 Å². The summed E-state index contributed by atoms with van der Waals surface area (Å²) < 4.78 is 1.97. The van der Waals surface area contributed by atoms with E-state index in [0.717, 1.165) is 34.9 Å². The van der Waals surface area contributed by atoms with Crippen LogP contribution >= 0.6 is 11.6 Å². The van der Waals surface area contributed by atoms with Crippen LogP contribution in [0, 0.1) is 0 Å². The van der Waals surface area contributed by atoms with E-state index >= 15 is 0 Å². The lowest BCUT2D eigenvalue weighted by molar-refractivity contribution is 0.464. The molecule has 0 aliphatic rings. The molecule has 1 atom stereocenters. The third-order valence-corrected chi connectivity index (χ3v) is 4.10. The normalized spacial score (nSPS) is 14.2. The minimum Gasteiger partial charge on any atom is -0.321 e. The molecule has 20 heavy (non-hydrogen) atoms. The van der Waals surface area contributed by atoms with Crippen molar-refractivity contribution in [2.75, 3.05) is 0 Å². The second-order valence-corrected chi connectivity index (χ2v) is 5.71. The van der Waals surface area contributed by atoms with Gasteiger partial charge in [-0.05, 0) is 25.8 Å². The second kappa shape index (κ2) is 5.98. The summed E-state index contributed by atoms with van der Waals surface area (Å²) >= 11 is 6.46. The van der Waals surface area contributed by atoms with Crippen LogP contribution in [-0.4, -0.2) is 9.78 Å². The van der Waals surface area contributed by atoms with E-state index in [2.05, 4.69) is 31.1 Å². The van der Waals surface area contributed by atoms with Crippen LogP contribution in [0.4, 0.5) is 0 Å². The highest BCUT2D eigenvalue weighted by Gasteiger charge is 2.26. The molecule has 1 aromatic carbocycles. The maximum Gasteiger partial charge on any atom is 0.0850 e. The molecular formula is C16H22ClN3. The predicted molar refractivity (Wildman–Crippen MR) is 84.0 cm³/mol. The molecule has 2 aromatic rings. The predicted octanol–water partition coefficient (Wildman–Crippen LogP) is 3.54. The Labute approximate surface area is 125 Å². The zero-order valence-electron chi connectivity index (χ0n) is 12.4. The summed E-state index contributed by atoms with van der Waals surface area (Å²) in [6, 6.07) is 10.1. The van der Waals surface area contributed by atoms with E-state index in [1.807, 2.05) is 29.8 Å². The third-order valence-electron chi connectivity index (χ3n) is 3.66. The first-order chi connectivity index (χ1) is 9.49. The van der Waals surface area contributed by atoms with Gasteiger partial charge in [-0.3, -0.25) is 4.68 Å². The van der Waals surface area contributed by atoms with Crippen molar-refractivity contribution in [1.29, 1.82) is 0 Å². The SMILES string of the molecule is CCc1nn(CC)c(CC(C)(N)c2ccccc2)c1Cl. The van der Waals surface area contributed by atoms with Gasteiger partial charge in [-0.1, -0.05) is 48.9 Å². The van der Waals surface area contributed by atoms with Crippen LogP contribution in [0.15, 0.2) is 30.3 Å². The molecule has 3 nitrogen and oxygen atoms in total. The van der Waals surface area contributed by atoms with Gasteiger partial charge in [-0.25, -0.2) is 0 Å². The molecule has 1 unspecified atom stereocenters. The standard InChI is InChI=1S/C16H22ClN3/c1-4-13-15(17)14(20(5-2)19-13)11-16(3,18)12-9-7-6-8-10-12/h6-10H,4-5,11,18H2,1-3H3. The highest BCUT2D eigenvalue weighted by Crippen LogP contribution is 2.29. The summed E-state index contributed by atoms with van der Waals surface area (Å²) in [5.74, 6) is 0. The van der Waals surface area contributed by atoms with Crippen LogP contribution in [0.25, 0.3) is 0 Å². The summed E-state index contributed by atoms with van der Waals surface area (Å²) in [6.07, 6.45) is 1.52. The van der Waals surface area contributed by atoms with Gasteiger partial charge >= 0.3 is 0 Å². The molecule has 2 rings (SSSR count). The molecule has 2 N–H and O–H groups in total. The second-order valence-electron chi connectivity index (χ2n) is 5.34. The van der Waals surface area contributed by atoms with Crippen LogP contribution < -0.4 is 5.73 Å². The number of aryl methyl sites for hydroxylation is 2. The van der Waals surface area contributed by atoms with Gasteiger partial charge in [0, 0.05) is 18.5 Å². The minimum absolute atomic E-state index is 0.455. The zero-order chi connectivity index (χ0) is 14.8. The zero-order valence-corrected chi connectivity index (χ0v) is 13.1. The van der Waals surface area contributed by atoms with Crippen LogP contribution in [0.5, 0.6) is 0 Å². The molecular weight excluding hydrogens is 270 g/mol. The Kier molecular flexibility index (Phi) is 4.51. The van der Waals surface area contributed by atoms with Crippen molar-refractivity contribution < 1.29 is 0 Å². The van der Waals surface area contributed by atoms with Crippen molar-refractivity contribution in [3.8, 4) is 0 Å². The van der Waals surface area contributed by atoms with E-state index in [9.17, 15) is 0 Å². The average Bonchev–Trinajstić information content (AvgIpc) is 2.76. The average molecular weight is 292 g/mol. The van der Waals surface area contributed by atoms with Gasteiger partial charge in [-0.15, -0.1) is 0 Å². The quantitative estimate of drug-likeness (QED) is 0.916. The van der Waals surface area contributed by atoms with Crippen molar-refractivity contribution in [3.63, 3.8) is 0 Å². The molecule has 1 aromatic heterocycles. The van der Waals surface area contributed by atoms with E-state index in [1.165, 1.54) is 0 Å². The first-order valence-electron chi connectivity index (χ1n) is 7.08. The summed E-state index contributed by atoms with van der Waals surface area (Å²) in [5.41, 5.74) is 9.15. The van der Waals surface area contributed by atoms with Gasteiger partial charge in [0.2, 0.25) is 0 Å². The Morgan fingerprint density at radius 3 is 2.45 bits per heavy atom. The lowest BCUT2D eigenvalue weighted by Crippen LogP contribution is -2.36. The highest BCUT2D eigenvalue weighted by atomic mass is 35.5. The van der Waals surface area contributed by atoms with Crippen LogP contribution in [0.1, 0.15) is 37.7 Å². The van der Waals surface area contributed by atoms with Crippen molar-refractivity contribution in [1.82, 2.24) is 9.78 Å². The fourth-order valence-electron chi connectivity index (χ4n) is 2.45. The van der Waals surface area contributed by atoms with Gasteiger partial charge in [0.25, 0.3) is 0 Å². The minimum atomic E-state index is -0.455. The van der Waals surface area contributed by atoms with Crippen LogP contribution in [0.2, 0.25) is 5.02 Å². The Morgan fingerprint density at radius 1 is 1.25 bits per heavy atom. The maximum absolute atomic E-state index is 6.51. The van der Waals surface area contributed by atoms with Crippen molar-refractivity contribution >= 4 is 11.6 Å². The van der Waals surface area contributed by atoms with E-state index in [4.69, 9.17) is 17.3 Å². The van der Waals surface area contributed by atoms with Gasteiger partial charge in [0.1, 0.15) is 0 Å². The molecule has 0 saturated heterocycles. The molecule has 4 heteroatoms. The number of nitrogens with zero attached hydrogens (tertiary/aromatic N) is 2. The number of hydrogen-bond donors (Lipinski definition) is 1. The van der Waals surface area contributed by atoms with Crippen molar-refractivity contribution in [2.45, 2.75) is 45.7 Å². The van der Waals surface area contributed by atoms with E-state index < -0.39 is 5.54 Å². The fourth-order valence-corrected chi connectivity index (χ4v) is 2.79. The molecule has 108 valence electrons. The van der Waals surface area contributed by atoms with E-state index in [1.54, 1.807) is 0 Å². The Bertz CT molecular complexity index is 573. The summed E-state index contributed by atoms with van der Waals surface area (Å²) in [6.45, 7) is 6.98. The smallest absolute Gasteiger partial charge is 0.0850 e. The highest BCUT2D eigenvalue weighted by molar-refractivity contribution is 6.31. The lowest BCUT2D eigenvalue weighted by atomic mass is 9.88. The molecule has 0 bridgehead atoms. The van der Waals surface area contributed by atoms with Crippen molar-refractivity contribution in [2.24, 2.45) is 5.73 Å². The van der Waals surface area contributed by atoms with Gasteiger partial charge in [0.15, 0.2) is 0 Å². The third kappa shape index (κ3) is 2.89. The fraction of sp³-hybridized carbons (Fsp3) is 0.438. The molecule has 0 aliphatic heterocycles. The molecule has 0 radical (unpaired) electrons. The van der Waals surface area contributed by atoms with Gasteiger partial charge in [0.05, 0.1) is 16.4 Å². The van der Waals surface area contributed by atoms with E-state index in [0.29, 0.717) is 6.42 Å². The molecule has 0 aliphatic carbocycles. The van der Waals surface area contributed by atoms with Crippen LogP contribution in [0.3, 0.4) is 0 Å². The summed E-state index contributed by atoms with van der Waals surface area (Å²) in [4.78, 5) is 0. The molecule has 0 amide bonds. The molecule has 1 heterocycles. The molecule has 0 saturated carbocycles. The molecule has 0 spiro atoms. The number of halogens is 1. The Hall–Kier alpha value is -1.32. The van der Waals surface area contributed by atoms with Gasteiger partial charge in [-0.2, -0.15) is 5.10 Å². The molecule has 0 fully saturated rings.